The number of carbonyl (C=O) groups is 4. The Morgan fingerprint density at radius 1 is 1.06 bits per heavy atom. The van der Waals surface area contributed by atoms with Gasteiger partial charge in [-0.05, 0) is 18.3 Å². The van der Waals surface area contributed by atoms with Crippen LogP contribution in [0.25, 0.3) is 0 Å². The summed E-state index contributed by atoms with van der Waals surface area (Å²) in [7, 11) is 0. The molecule has 0 radical (unpaired) electrons. The molecule has 8 N–H and O–H groups in total. The van der Waals surface area contributed by atoms with Gasteiger partial charge in [-0.1, -0.05) is 34.1 Å². The lowest BCUT2D eigenvalue weighted by Gasteiger charge is -2.26. The van der Waals surface area contributed by atoms with Crippen molar-refractivity contribution in [3.63, 3.8) is 0 Å². The van der Waals surface area contributed by atoms with E-state index < -0.39 is 54.5 Å². The Hall–Kier alpha value is -2.99. The molecule has 5 atom stereocenters. The van der Waals surface area contributed by atoms with Crippen LogP contribution in [0, 0.1) is 11.8 Å². The maximum absolute atomic E-state index is 12.8. The third-order valence-electron chi connectivity index (χ3n) is 5.26. The Balaban J connectivity index is 2.84. The van der Waals surface area contributed by atoms with Gasteiger partial charge >= 0.3 is 5.97 Å². The number of aromatic nitrogens is 2. The predicted molar refractivity (Wildman–Crippen MR) is 120 cm³/mol. The van der Waals surface area contributed by atoms with Crippen LogP contribution in [0.3, 0.4) is 0 Å². The molecule has 12 heteroatoms. The van der Waals surface area contributed by atoms with Gasteiger partial charge in [0.1, 0.15) is 18.1 Å². The van der Waals surface area contributed by atoms with Crippen LogP contribution in [0.5, 0.6) is 0 Å². The van der Waals surface area contributed by atoms with E-state index in [4.69, 9.17) is 5.73 Å². The van der Waals surface area contributed by atoms with Crippen LogP contribution >= 0.6 is 0 Å². The Morgan fingerprint density at radius 2 is 1.67 bits per heavy atom. The number of aliphatic hydroxyl groups is 1. The van der Waals surface area contributed by atoms with E-state index in [1.54, 1.807) is 6.92 Å². The second kappa shape index (κ2) is 13.5. The van der Waals surface area contributed by atoms with Crippen LogP contribution in [-0.4, -0.2) is 74.6 Å². The molecule has 0 saturated heterocycles. The SMILES string of the molecule is CCC(C)C(NC(=O)C(CC(C)C)NC(=O)C(CO)NC(=O)C(N)Cc1cnc[nH]1)C(=O)O. The fraction of sp³-hybridized carbons (Fsp3) is 0.667. The van der Waals surface area contributed by atoms with Gasteiger partial charge in [0.25, 0.3) is 0 Å². The number of H-pyrrole nitrogens is 1. The molecule has 186 valence electrons. The van der Waals surface area contributed by atoms with E-state index in [9.17, 15) is 29.4 Å². The molecule has 3 amide bonds. The van der Waals surface area contributed by atoms with E-state index in [1.165, 1.54) is 12.5 Å². The number of carboxylic acids is 1. The smallest absolute Gasteiger partial charge is 0.326 e. The summed E-state index contributed by atoms with van der Waals surface area (Å²) in [4.78, 5) is 56.1. The van der Waals surface area contributed by atoms with Crippen molar-refractivity contribution in [1.29, 1.82) is 0 Å². The molecule has 0 aliphatic rings. The largest absolute Gasteiger partial charge is 0.480 e. The topological polar surface area (TPSA) is 200 Å². The molecule has 33 heavy (non-hydrogen) atoms. The number of hydrogen-bond donors (Lipinski definition) is 7. The van der Waals surface area contributed by atoms with Crippen LogP contribution in [0.4, 0.5) is 0 Å². The van der Waals surface area contributed by atoms with Crippen molar-refractivity contribution >= 4 is 23.7 Å². The van der Waals surface area contributed by atoms with Crippen molar-refractivity contribution in [2.75, 3.05) is 6.61 Å². The fourth-order valence-corrected chi connectivity index (χ4v) is 3.11. The summed E-state index contributed by atoms with van der Waals surface area (Å²) in [5, 5.41) is 26.4. The molecule has 1 rings (SSSR count). The minimum atomic E-state index is -1.34. The molecule has 5 unspecified atom stereocenters. The van der Waals surface area contributed by atoms with E-state index in [-0.39, 0.29) is 24.7 Å². The maximum atomic E-state index is 12.8. The molecule has 0 aliphatic heterocycles. The zero-order valence-electron chi connectivity index (χ0n) is 19.5. The lowest BCUT2D eigenvalue weighted by atomic mass is 9.97. The van der Waals surface area contributed by atoms with Crippen LogP contribution < -0.4 is 21.7 Å². The van der Waals surface area contributed by atoms with E-state index in [0.29, 0.717) is 12.1 Å². The number of nitrogens with one attached hydrogen (secondary N) is 4. The first-order valence-corrected chi connectivity index (χ1v) is 11.0. The Labute approximate surface area is 193 Å². The van der Waals surface area contributed by atoms with E-state index >= 15 is 0 Å². The van der Waals surface area contributed by atoms with Crippen LogP contribution in [0.2, 0.25) is 0 Å². The predicted octanol–water partition coefficient (Wildman–Crippen LogP) is -1.10. The number of carbonyl (C=O) groups excluding carboxylic acids is 3. The molecule has 1 aromatic rings. The normalized spacial score (nSPS) is 15.7. The standard InChI is InChI=1S/C21H36N6O6/c1-5-12(4)17(21(32)33)27-19(30)15(6-11(2)3)25-20(31)16(9-28)26-18(29)14(22)7-13-8-23-10-24-13/h8,10-12,14-17,28H,5-7,9,22H2,1-4H3,(H,23,24)(H,25,31)(H,26,29)(H,27,30)(H,32,33). The Morgan fingerprint density at radius 3 is 2.15 bits per heavy atom. The van der Waals surface area contributed by atoms with Gasteiger partial charge in [-0.15, -0.1) is 0 Å². The van der Waals surface area contributed by atoms with Gasteiger partial charge in [0.15, 0.2) is 0 Å². The van der Waals surface area contributed by atoms with Crippen molar-refractivity contribution in [1.82, 2.24) is 25.9 Å². The summed E-state index contributed by atoms with van der Waals surface area (Å²) in [6.45, 7) is 6.49. The molecular weight excluding hydrogens is 432 g/mol. The highest BCUT2D eigenvalue weighted by Gasteiger charge is 2.32. The van der Waals surface area contributed by atoms with Crippen molar-refractivity contribution in [3.05, 3.63) is 18.2 Å². The van der Waals surface area contributed by atoms with E-state index in [0.717, 1.165) is 0 Å². The van der Waals surface area contributed by atoms with Crippen molar-refractivity contribution in [3.8, 4) is 0 Å². The molecule has 1 heterocycles. The molecule has 0 saturated carbocycles. The molecule has 0 aliphatic carbocycles. The second-order valence-corrected chi connectivity index (χ2v) is 8.53. The molecule has 0 aromatic carbocycles. The number of amides is 3. The van der Waals surface area contributed by atoms with Crippen molar-refractivity contribution in [2.45, 2.75) is 71.1 Å². The van der Waals surface area contributed by atoms with Crippen LogP contribution in [0.1, 0.15) is 46.2 Å². The monoisotopic (exact) mass is 468 g/mol. The summed E-state index contributed by atoms with van der Waals surface area (Å²) >= 11 is 0. The summed E-state index contributed by atoms with van der Waals surface area (Å²) in [5.74, 6) is -3.58. The average Bonchev–Trinajstić information content (AvgIpc) is 3.26. The van der Waals surface area contributed by atoms with Crippen LogP contribution in [0.15, 0.2) is 12.5 Å². The van der Waals surface area contributed by atoms with Gasteiger partial charge in [-0.25, -0.2) is 9.78 Å². The second-order valence-electron chi connectivity index (χ2n) is 8.53. The molecular formula is C21H36N6O6. The van der Waals surface area contributed by atoms with Crippen LogP contribution in [-0.2, 0) is 25.6 Å². The summed E-state index contributed by atoms with van der Waals surface area (Å²) < 4.78 is 0. The van der Waals surface area contributed by atoms with Gasteiger partial charge in [0.05, 0.1) is 19.0 Å². The number of hydrogen-bond acceptors (Lipinski definition) is 7. The number of aliphatic hydroxyl groups excluding tert-OH is 1. The quantitative estimate of drug-likeness (QED) is 0.178. The number of carboxylic acid groups (broad SMARTS) is 1. The molecule has 0 spiro atoms. The number of nitrogens with zero attached hydrogens (tertiary/aromatic N) is 1. The summed E-state index contributed by atoms with van der Waals surface area (Å²) in [6.07, 6.45) is 3.88. The first-order valence-electron chi connectivity index (χ1n) is 11.0. The van der Waals surface area contributed by atoms with Gasteiger partial charge in [0.2, 0.25) is 17.7 Å². The zero-order valence-corrected chi connectivity index (χ0v) is 19.5. The van der Waals surface area contributed by atoms with Gasteiger partial charge in [-0.2, -0.15) is 0 Å². The zero-order chi connectivity index (χ0) is 25.1. The number of imidazole rings is 1. The highest BCUT2D eigenvalue weighted by atomic mass is 16.4. The highest BCUT2D eigenvalue weighted by molar-refractivity contribution is 5.94. The third-order valence-corrected chi connectivity index (χ3v) is 5.26. The van der Waals surface area contributed by atoms with E-state index in [1.807, 2.05) is 20.8 Å². The fourth-order valence-electron chi connectivity index (χ4n) is 3.11. The lowest BCUT2D eigenvalue weighted by molar-refractivity contribution is -0.144. The summed E-state index contributed by atoms with van der Waals surface area (Å²) in [5.41, 5.74) is 6.49. The number of nitrogens with two attached hydrogens (primary N) is 1. The Kier molecular flexibility index (Phi) is 11.5. The van der Waals surface area contributed by atoms with Gasteiger partial charge < -0.3 is 36.9 Å². The highest BCUT2D eigenvalue weighted by Crippen LogP contribution is 2.11. The third kappa shape index (κ3) is 9.18. The minimum absolute atomic E-state index is 0.00192. The number of aromatic amines is 1. The molecule has 0 bridgehead atoms. The molecule has 1 aromatic heterocycles. The molecule has 0 fully saturated rings. The first-order chi connectivity index (χ1) is 15.5. The summed E-state index contributed by atoms with van der Waals surface area (Å²) in [6, 6.07) is -4.48. The first kappa shape index (κ1) is 28.0. The molecule has 12 nitrogen and oxygen atoms in total. The van der Waals surface area contributed by atoms with Gasteiger partial charge in [0, 0.05) is 18.3 Å². The Bertz CT molecular complexity index is 784. The number of rotatable bonds is 14. The minimum Gasteiger partial charge on any atom is -0.480 e. The number of aliphatic carboxylic acids is 1. The van der Waals surface area contributed by atoms with Crippen molar-refractivity contribution in [2.24, 2.45) is 17.6 Å². The van der Waals surface area contributed by atoms with Crippen molar-refractivity contribution < 1.29 is 29.4 Å². The lowest BCUT2D eigenvalue weighted by Crippen LogP contribution is -2.58. The van der Waals surface area contributed by atoms with Gasteiger partial charge in [-0.3, -0.25) is 14.4 Å². The van der Waals surface area contributed by atoms with E-state index in [2.05, 4.69) is 25.9 Å². The average molecular weight is 469 g/mol. The maximum Gasteiger partial charge on any atom is 0.326 e.